The minimum absolute atomic E-state index is 0.125. The molecule has 1 amide bonds. The standard InChI is InChI=1S/C17H16FN5OS/c1-23-16(13-3-2-8-19-10-13)21-22-17(23)25-11-15(24)20-9-12-4-6-14(18)7-5-12/h2-8,10H,9,11H2,1H3,(H,20,24). The van der Waals surface area contributed by atoms with Crippen LogP contribution < -0.4 is 5.32 Å². The molecule has 0 saturated heterocycles. The lowest BCUT2D eigenvalue weighted by Gasteiger charge is -2.06. The van der Waals surface area contributed by atoms with Crippen molar-refractivity contribution in [3.8, 4) is 11.4 Å². The van der Waals surface area contributed by atoms with E-state index in [-0.39, 0.29) is 17.5 Å². The second-order valence-electron chi connectivity index (χ2n) is 5.30. The molecule has 25 heavy (non-hydrogen) atoms. The Balaban J connectivity index is 1.54. The van der Waals surface area contributed by atoms with E-state index in [9.17, 15) is 9.18 Å². The molecule has 0 aliphatic carbocycles. The van der Waals surface area contributed by atoms with Crippen molar-refractivity contribution < 1.29 is 9.18 Å². The minimum Gasteiger partial charge on any atom is -0.351 e. The van der Waals surface area contributed by atoms with Crippen LogP contribution in [0.15, 0.2) is 53.9 Å². The fourth-order valence-corrected chi connectivity index (χ4v) is 2.91. The van der Waals surface area contributed by atoms with Crippen molar-refractivity contribution in [1.82, 2.24) is 25.1 Å². The van der Waals surface area contributed by atoms with Gasteiger partial charge in [-0.1, -0.05) is 23.9 Å². The molecule has 0 saturated carbocycles. The minimum atomic E-state index is -0.294. The van der Waals surface area contributed by atoms with Gasteiger partial charge < -0.3 is 9.88 Å². The number of hydrogen-bond donors (Lipinski definition) is 1. The van der Waals surface area contributed by atoms with Crippen LogP contribution in [-0.4, -0.2) is 31.4 Å². The van der Waals surface area contributed by atoms with Crippen molar-refractivity contribution in [2.24, 2.45) is 7.05 Å². The topological polar surface area (TPSA) is 72.7 Å². The molecule has 1 N–H and O–H groups in total. The van der Waals surface area contributed by atoms with Crippen LogP contribution in [0.2, 0.25) is 0 Å². The average Bonchev–Trinajstić information content (AvgIpc) is 3.01. The van der Waals surface area contributed by atoms with Crippen LogP contribution >= 0.6 is 11.8 Å². The lowest BCUT2D eigenvalue weighted by atomic mass is 10.2. The van der Waals surface area contributed by atoms with Gasteiger partial charge in [0, 0.05) is 31.5 Å². The van der Waals surface area contributed by atoms with Gasteiger partial charge in [-0.15, -0.1) is 10.2 Å². The van der Waals surface area contributed by atoms with E-state index in [1.807, 2.05) is 23.7 Å². The number of aromatic nitrogens is 4. The van der Waals surface area contributed by atoms with Crippen molar-refractivity contribution in [3.05, 3.63) is 60.2 Å². The molecule has 128 valence electrons. The maximum atomic E-state index is 12.8. The second kappa shape index (κ2) is 7.89. The lowest BCUT2D eigenvalue weighted by Crippen LogP contribution is -2.24. The van der Waals surface area contributed by atoms with Gasteiger partial charge in [-0.25, -0.2) is 4.39 Å². The number of carbonyl (C=O) groups is 1. The summed E-state index contributed by atoms with van der Waals surface area (Å²) in [5, 5.41) is 11.7. The van der Waals surface area contributed by atoms with Gasteiger partial charge in [0.05, 0.1) is 5.75 Å². The number of benzene rings is 1. The summed E-state index contributed by atoms with van der Waals surface area (Å²) in [6, 6.07) is 9.77. The highest BCUT2D eigenvalue weighted by molar-refractivity contribution is 7.99. The normalized spacial score (nSPS) is 10.6. The average molecular weight is 357 g/mol. The molecule has 1 aromatic carbocycles. The van der Waals surface area contributed by atoms with E-state index in [4.69, 9.17) is 0 Å². The molecule has 6 nitrogen and oxygen atoms in total. The zero-order valence-corrected chi connectivity index (χ0v) is 14.3. The molecule has 0 bridgehead atoms. The number of nitrogens with one attached hydrogen (secondary N) is 1. The van der Waals surface area contributed by atoms with Crippen molar-refractivity contribution in [1.29, 1.82) is 0 Å². The number of amides is 1. The van der Waals surface area contributed by atoms with Crippen LogP contribution in [0.3, 0.4) is 0 Å². The highest BCUT2D eigenvalue weighted by Gasteiger charge is 2.12. The van der Waals surface area contributed by atoms with E-state index in [0.29, 0.717) is 17.5 Å². The summed E-state index contributed by atoms with van der Waals surface area (Å²) in [4.78, 5) is 16.0. The Labute approximate surface area is 148 Å². The van der Waals surface area contributed by atoms with Gasteiger partial charge in [0.25, 0.3) is 0 Å². The Hall–Kier alpha value is -2.74. The third-order valence-corrected chi connectivity index (χ3v) is 4.51. The molecular weight excluding hydrogens is 341 g/mol. The molecule has 2 aromatic heterocycles. The lowest BCUT2D eigenvalue weighted by molar-refractivity contribution is -0.118. The predicted octanol–water partition coefficient (Wildman–Crippen LogP) is 2.42. The van der Waals surface area contributed by atoms with Crippen LogP contribution in [0.25, 0.3) is 11.4 Å². The maximum absolute atomic E-state index is 12.8. The van der Waals surface area contributed by atoms with Gasteiger partial charge in [-0.05, 0) is 29.8 Å². The molecule has 2 heterocycles. The number of carbonyl (C=O) groups excluding carboxylic acids is 1. The predicted molar refractivity (Wildman–Crippen MR) is 93.2 cm³/mol. The zero-order chi connectivity index (χ0) is 17.6. The van der Waals surface area contributed by atoms with Crippen LogP contribution in [-0.2, 0) is 18.4 Å². The summed E-state index contributed by atoms with van der Waals surface area (Å²) in [6.07, 6.45) is 3.41. The molecule has 0 aliphatic rings. The molecule has 0 radical (unpaired) electrons. The van der Waals surface area contributed by atoms with Crippen molar-refractivity contribution in [2.45, 2.75) is 11.7 Å². The van der Waals surface area contributed by atoms with Crippen molar-refractivity contribution >= 4 is 17.7 Å². The largest absolute Gasteiger partial charge is 0.351 e. The van der Waals surface area contributed by atoms with E-state index in [1.54, 1.807) is 24.5 Å². The van der Waals surface area contributed by atoms with Crippen molar-refractivity contribution in [2.75, 3.05) is 5.75 Å². The maximum Gasteiger partial charge on any atom is 0.230 e. The van der Waals surface area contributed by atoms with Crippen LogP contribution in [0.5, 0.6) is 0 Å². The number of thioether (sulfide) groups is 1. The molecule has 0 aliphatic heterocycles. The molecule has 0 unspecified atom stereocenters. The van der Waals surface area contributed by atoms with Gasteiger partial charge in [-0.2, -0.15) is 0 Å². The number of hydrogen-bond acceptors (Lipinski definition) is 5. The molecule has 8 heteroatoms. The fraction of sp³-hybridized carbons (Fsp3) is 0.176. The van der Waals surface area contributed by atoms with E-state index in [2.05, 4.69) is 20.5 Å². The first-order valence-corrected chi connectivity index (χ1v) is 8.56. The van der Waals surface area contributed by atoms with E-state index in [1.165, 1.54) is 23.9 Å². The molecular formula is C17H16FN5OS. The Morgan fingerprint density at radius 1 is 1.24 bits per heavy atom. The van der Waals surface area contributed by atoms with Gasteiger partial charge in [0.15, 0.2) is 11.0 Å². The first-order chi connectivity index (χ1) is 12.1. The summed E-state index contributed by atoms with van der Waals surface area (Å²) in [5.74, 6) is 0.500. The monoisotopic (exact) mass is 357 g/mol. The molecule has 0 atom stereocenters. The second-order valence-corrected chi connectivity index (χ2v) is 6.24. The summed E-state index contributed by atoms with van der Waals surface area (Å²) in [7, 11) is 1.85. The van der Waals surface area contributed by atoms with Crippen LogP contribution in [0, 0.1) is 5.82 Å². The first-order valence-electron chi connectivity index (χ1n) is 7.57. The number of nitrogens with zero attached hydrogens (tertiary/aromatic N) is 4. The van der Waals surface area contributed by atoms with Gasteiger partial charge >= 0.3 is 0 Å². The highest BCUT2D eigenvalue weighted by Crippen LogP contribution is 2.21. The SMILES string of the molecule is Cn1c(SCC(=O)NCc2ccc(F)cc2)nnc1-c1cccnc1. The molecule has 3 rings (SSSR count). The number of halogens is 1. The number of pyridine rings is 1. The third-order valence-electron chi connectivity index (χ3n) is 3.49. The van der Waals surface area contributed by atoms with Gasteiger partial charge in [-0.3, -0.25) is 9.78 Å². The summed E-state index contributed by atoms with van der Waals surface area (Å²) in [6.45, 7) is 0.361. The fourth-order valence-electron chi connectivity index (χ4n) is 2.17. The van der Waals surface area contributed by atoms with Gasteiger partial charge in [0.2, 0.25) is 5.91 Å². The van der Waals surface area contributed by atoms with Crippen molar-refractivity contribution in [3.63, 3.8) is 0 Å². The van der Waals surface area contributed by atoms with E-state index >= 15 is 0 Å². The smallest absolute Gasteiger partial charge is 0.230 e. The summed E-state index contributed by atoms with van der Waals surface area (Å²) in [5.41, 5.74) is 1.71. The zero-order valence-electron chi connectivity index (χ0n) is 13.5. The highest BCUT2D eigenvalue weighted by atomic mass is 32.2. The molecule has 0 spiro atoms. The quantitative estimate of drug-likeness (QED) is 0.686. The third kappa shape index (κ3) is 4.42. The Kier molecular flexibility index (Phi) is 5.39. The van der Waals surface area contributed by atoms with Crippen LogP contribution in [0.4, 0.5) is 4.39 Å². The molecule has 0 fully saturated rings. The van der Waals surface area contributed by atoms with E-state index in [0.717, 1.165) is 11.1 Å². The first kappa shape index (κ1) is 17.1. The summed E-state index contributed by atoms with van der Waals surface area (Å²) >= 11 is 1.31. The number of rotatable bonds is 6. The summed E-state index contributed by atoms with van der Waals surface area (Å²) < 4.78 is 14.7. The Morgan fingerprint density at radius 2 is 2.04 bits per heavy atom. The Bertz CT molecular complexity index is 851. The Morgan fingerprint density at radius 3 is 2.76 bits per heavy atom. The van der Waals surface area contributed by atoms with Gasteiger partial charge in [0.1, 0.15) is 5.82 Å². The van der Waals surface area contributed by atoms with E-state index < -0.39 is 0 Å². The molecule has 3 aromatic rings. The van der Waals surface area contributed by atoms with Crippen LogP contribution in [0.1, 0.15) is 5.56 Å².